The number of amides is 1. The van der Waals surface area contributed by atoms with Gasteiger partial charge in [0.15, 0.2) is 0 Å². The maximum absolute atomic E-state index is 12.3. The smallest absolute Gasteiger partial charge is 0.251 e. The largest absolute Gasteiger partial charge is 0.390 e. The summed E-state index contributed by atoms with van der Waals surface area (Å²) in [6, 6.07) is 15.0. The molecule has 21 heavy (non-hydrogen) atoms. The fourth-order valence-electron chi connectivity index (χ4n) is 2.71. The molecule has 0 aliphatic heterocycles. The topological polar surface area (TPSA) is 49.3 Å². The highest BCUT2D eigenvalue weighted by Crippen LogP contribution is 2.31. The van der Waals surface area contributed by atoms with Gasteiger partial charge in [0.05, 0.1) is 12.1 Å². The molecule has 108 valence electrons. The highest BCUT2D eigenvalue weighted by Gasteiger charge is 2.31. The molecule has 1 amide bonds. The molecule has 0 aromatic heterocycles. The van der Waals surface area contributed by atoms with Crippen molar-refractivity contribution in [2.45, 2.75) is 23.5 Å². The van der Waals surface area contributed by atoms with Gasteiger partial charge in [-0.15, -0.1) is 11.8 Å². The second-order valence-electron chi connectivity index (χ2n) is 5.15. The quantitative estimate of drug-likeness (QED) is 0.857. The Morgan fingerprint density at radius 2 is 1.90 bits per heavy atom. The average molecular weight is 299 g/mol. The molecule has 3 nitrogen and oxygen atoms in total. The van der Waals surface area contributed by atoms with Crippen molar-refractivity contribution < 1.29 is 9.90 Å². The lowest BCUT2D eigenvalue weighted by Crippen LogP contribution is -2.33. The van der Waals surface area contributed by atoms with Crippen LogP contribution in [-0.2, 0) is 6.42 Å². The predicted molar refractivity (Wildman–Crippen MR) is 84.6 cm³/mol. The van der Waals surface area contributed by atoms with Crippen molar-refractivity contribution in [3.63, 3.8) is 0 Å². The number of benzene rings is 2. The van der Waals surface area contributed by atoms with Crippen molar-refractivity contribution in [2.75, 3.05) is 6.26 Å². The molecule has 0 bridgehead atoms. The van der Waals surface area contributed by atoms with Crippen molar-refractivity contribution in [1.29, 1.82) is 0 Å². The predicted octanol–water partition coefficient (Wildman–Crippen LogP) is 2.80. The zero-order chi connectivity index (χ0) is 14.8. The summed E-state index contributed by atoms with van der Waals surface area (Å²) in [5.41, 5.74) is 2.73. The summed E-state index contributed by atoms with van der Waals surface area (Å²) in [6.07, 6.45) is 2.03. The van der Waals surface area contributed by atoms with Crippen LogP contribution in [0.5, 0.6) is 0 Å². The molecule has 0 unspecified atom stereocenters. The van der Waals surface area contributed by atoms with E-state index in [2.05, 4.69) is 5.32 Å². The molecular weight excluding hydrogens is 282 g/mol. The minimum atomic E-state index is -0.558. The number of thioether (sulfide) groups is 1. The van der Waals surface area contributed by atoms with Crippen LogP contribution in [0.1, 0.15) is 27.5 Å². The number of fused-ring (bicyclic) bond motifs is 1. The molecule has 0 saturated heterocycles. The molecule has 2 N–H and O–H groups in total. The van der Waals surface area contributed by atoms with Gasteiger partial charge in [0.2, 0.25) is 0 Å². The van der Waals surface area contributed by atoms with E-state index in [0.29, 0.717) is 12.0 Å². The summed E-state index contributed by atoms with van der Waals surface area (Å²) in [4.78, 5) is 13.4. The fraction of sp³-hybridized carbons (Fsp3) is 0.235. The molecule has 2 atom stereocenters. The SMILES string of the molecule is CSc1ccc(C(=O)N[C@@H]2c3ccccc3C[C@@H]2O)cc1. The van der Waals surface area contributed by atoms with Gasteiger partial charge in [-0.05, 0) is 41.6 Å². The third kappa shape index (κ3) is 2.82. The molecule has 2 aromatic carbocycles. The molecule has 2 aromatic rings. The highest BCUT2D eigenvalue weighted by atomic mass is 32.2. The van der Waals surface area contributed by atoms with E-state index in [1.807, 2.05) is 54.8 Å². The number of carbonyl (C=O) groups excluding carboxylic acids is 1. The lowest BCUT2D eigenvalue weighted by atomic mass is 10.1. The van der Waals surface area contributed by atoms with Gasteiger partial charge in [0, 0.05) is 16.9 Å². The van der Waals surface area contributed by atoms with E-state index in [0.717, 1.165) is 16.0 Å². The number of rotatable bonds is 3. The van der Waals surface area contributed by atoms with Crippen molar-refractivity contribution in [1.82, 2.24) is 5.32 Å². The van der Waals surface area contributed by atoms with Crippen LogP contribution in [0.2, 0.25) is 0 Å². The average Bonchev–Trinajstić information content (AvgIpc) is 2.83. The zero-order valence-electron chi connectivity index (χ0n) is 11.7. The van der Waals surface area contributed by atoms with Gasteiger partial charge in [0.25, 0.3) is 5.91 Å². The number of hydrogen-bond acceptors (Lipinski definition) is 3. The summed E-state index contributed by atoms with van der Waals surface area (Å²) >= 11 is 1.64. The van der Waals surface area contributed by atoms with E-state index in [4.69, 9.17) is 0 Å². The maximum Gasteiger partial charge on any atom is 0.251 e. The van der Waals surface area contributed by atoms with E-state index in [1.165, 1.54) is 0 Å². The normalized spacial score (nSPS) is 20.1. The van der Waals surface area contributed by atoms with Crippen LogP contribution in [-0.4, -0.2) is 23.4 Å². The second kappa shape index (κ2) is 5.92. The van der Waals surface area contributed by atoms with Gasteiger partial charge in [-0.25, -0.2) is 0 Å². The van der Waals surface area contributed by atoms with Gasteiger partial charge in [-0.3, -0.25) is 4.79 Å². The Morgan fingerprint density at radius 3 is 2.62 bits per heavy atom. The van der Waals surface area contributed by atoms with Crippen molar-refractivity contribution in [3.05, 3.63) is 65.2 Å². The van der Waals surface area contributed by atoms with Crippen molar-refractivity contribution in [3.8, 4) is 0 Å². The fourth-order valence-corrected chi connectivity index (χ4v) is 3.12. The Kier molecular flexibility index (Phi) is 3.99. The van der Waals surface area contributed by atoms with Gasteiger partial charge in [-0.1, -0.05) is 24.3 Å². The summed E-state index contributed by atoms with van der Waals surface area (Å²) in [7, 11) is 0. The third-order valence-electron chi connectivity index (χ3n) is 3.84. The maximum atomic E-state index is 12.3. The van der Waals surface area contributed by atoms with E-state index < -0.39 is 6.10 Å². The third-order valence-corrected chi connectivity index (χ3v) is 4.59. The van der Waals surface area contributed by atoms with Crippen LogP contribution >= 0.6 is 11.8 Å². The molecule has 0 saturated carbocycles. The Morgan fingerprint density at radius 1 is 1.19 bits per heavy atom. The highest BCUT2D eigenvalue weighted by molar-refractivity contribution is 7.98. The molecule has 0 radical (unpaired) electrons. The van der Waals surface area contributed by atoms with Crippen LogP contribution < -0.4 is 5.32 Å². The molecule has 0 spiro atoms. The Hall–Kier alpha value is -1.78. The monoisotopic (exact) mass is 299 g/mol. The Balaban J connectivity index is 1.78. The number of aliphatic hydroxyl groups excluding tert-OH is 1. The number of carbonyl (C=O) groups is 1. The van der Waals surface area contributed by atoms with E-state index in [-0.39, 0.29) is 11.9 Å². The van der Waals surface area contributed by atoms with Crippen LogP contribution in [0.3, 0.4) is 0 Å². The number of nitrogens with one attached hydrogen (secondary N) is 1. The second-order valence-corrected chi connectivity index (χ2v) is 6.03. The minimum absolute atomic E-state index is 0.150. The van der Waals surface area contributed by atoms with Gasteiger partial charge in [-0.2, -0.15) is 0 Å². The molecule has 3 rings (SSSR count). The molecule has 1 aliphatic carbocycles. The minimum Gasteiger partial charge on any atom is -0.390 e. The first-order chi connectivity index (χ1) is 10.2. The van der Waals surface area contributed by atoms with Gasteiger partial charge < -0.3 is 10.4 Å². The van der Waals surface area contributed by atoms with Gasteiger partial charge in [0.1, 0.15) is 0 Å². The summed E-state index contributed by atoms with van der Waals surface area (Å²) < 4.78 is 0. The lowest BCUT2D eigenvalue weighted by Gasteiger charge is -2.18. The molecule has 0 fully saturated rings. The van der Waals surface area contributed by atoms with Crippen LogP contribution in [0.15, 0.2) is 53.4 Å². The van der Waals surface area contributed by atoms with Crippen LogP contribution in [0.4, 0.5) is 0 Å². The first kappa shape index (κ1) is 14.2. The van der Waals surface area contributed by atoms with Crippen LogP contribution in [0, 0.1) is 0 Å². The summed E-state index contributed by atoms with van der Waals surface area (Å²) in [6.45, 7) is 0. The first-order valence-corrected chi connectivity index (χ1v) is 8.12. The Bertz CT molecular complexity index is 654. The van der Waals surface area contributed by atoms with Gasteiger partial charge >= 0.3 is 0 Å². The molecule has 0 heterocycles. The Labute approximate surface area is 128 Å². The first-order valence-electron chi connectivity index (χ1n) is 6.90. The van der Waals surface area contributed by atoms with E-state index >= 15 is 0 Å². The molecule has 1 aliphatic rings. The number of aliphatic hydroxyl groups is 1. The standard InChI is InChI=1S/C17H17NO2S/c1-21-13-8-6-11(7-9-13)17(20)18-16-14-5-3-2-4-12(14)10-15(16)19/h2-9,15-16,19H,10H2,1H3,(H,18,20)/t15-,16+/m0/s1. The lowest BCUT2D eigenvalue weighted by molar-refractivity contribution is 0.0858. The summed E-state index contributed by atoms with van der Waals surface area (Å²) in [5.74, 6) is -0.150. The molecular formula is C17H17NO2S. The molecule has 4 heteroatoms. The van der Waals surface area contributed by atoms with Crippen LogP contribution in [0.25, 0.3) is 0 Å². The van der Waals surface area contributed by atoms with Crippen molar-refractivity contribution >= 4 is 17.7 Å². The number of hydrogen-bond donors (Lipinski definition) is 2. The summed E-state index contributed by atoms with van der Waals surface area (Å²) in [5, 5.41) is 13.1. The van der Waals surface area contributed by atoms with Crippen molar-refractivity contribution in [2.24, 2.45) is 0 Å². The van der Waals surface area contributed by atoms with E-state index in [9.17, 15) is 9.90 Å². The van der Waals surface area contributed by atoms with E-state index in [1.54, 1.807) is 11.8 Å². The zero-order valence-corrected chi connectivity index (χ0v) is 12.6.